The van der Waals surface area contributed by atoms with Gasteiger partial charge >= 0.3 is 6.64 Å². The molecule has 0 heterocycles. The van der Waals surface area contributed by atoms with Gasteiger partial charge in [0.1, 0.15) is 0 Å². The fourth-order valence-electron chi connectivity index (χ4n) is 0.298. The first-order valence-electron chi connectivity index (χ1n) is 2.37. The van der Waals surface area contributed by atoms with Crippen LogP contribution in [0.2, 0.25) is 0 Å². The second-order valence-electron chi connectivity index (χ2n) is 1.36. The van der Waals surface area contributed by atoms with Gasteiger partial charge < -0.3 is 20.5 Å². The van der Waals surface area contributed by atoms with Crippen molar-refractivity contribution in [1.82, 2.24) is 0 Å². The van der Waals surface area contributed by atoms with E-state index in [4.69, 9.17) is 32.3 Å². The first-order chi connectivity index (χ1) is 4.54. The quantitative estimate of drug-likeness (QED) is 0.359. The molecule has 0 spiro atoms. The summed E-state index contributed by atoms with van der Waals surface area (Å²) in [6.07, 6.45) is 0. The highest BCUT2D eigenvalue weighted by Crippen LogP contribution is 2.47. The molecule has 0 amide bonds. The van der Waals surface area contributed by atoms with E-state index < -0.39 is 6.64 Å². The Balaban J connectivity index is 4.37. The average molecular weight is 183 g/mol. The van der Waals surface area contributed by atoms with Crippen LogP contribution >= 0.6 is 6.64 Å². The average Bonchev–Trinajstić information content (AvgIpc) is 1.87. The van der Waals surface area contributed by atoms with Crippen LogP contribution < -0.4 is 11.5 Å². The molecule has 0 unspecified atom stereocenters. The summed E-state index contributed by atoms with van der Waals surface area (Å²) in [5.74, 6) is -0.118. The van der Waals surface area contributed by atoms with Crippen molar-refractivity contribution in [1.29, 1.82) is 0 Å². The molecule has 0 aliphatic heterocycles. The summed E-state index contributed by atoms with van der Waals surface area (Å²) in [5, 5.41) is 0. The van der Waals surface area contributed by atoms with Crippen molar-refractivity contribution in [3.8, 4) is 0 Å². The van der Waals surface area contributed by atoms with E-state index in [0.29, 0.717) is 0 Å². The Morgan fingerprint density at radius 2 is 1.80 bits per heavy atom. The van der Waals surface area contributed by atoms with Gasteiger partial charge in [0.15, 0.2) is 5.96 Å². The van der Waals surface area contributed by atoms with Crippen LogP contribution in [0.3, 0.4) is 0 Å². The molecule has 0 atom stereocenters. The van der Waals surface area contributed by atoms with Gasteiger partial charge in [-0.05, 0) is 11.8 Å². The van der Waals surface area contributed by atoms with Crippen LogP contribution in [0.4, 0.5) is 0 Å². The van der Waals surface area contributed by atoms with Crippen molar-refractivity contribution in [2.45, 2.75) is 0 Å². The summed E-state index contributed by atoms with van der Waals surface area (Å²) in [4.78, 5) is 0. The first-order valence-corrected chi connectivity index (χ1v) is 4.96. The summed E-state index contributed by atoms with van der Waals surface area (Å²) < 4.78 is 13.1. The first kappa shape index (κ1) is 9.84. The largest absolute Gasteiger partial charge is 0.370 e. The number of hydrogen-bond acceptors (Lipinski definition) is 3. The number of rotatable bonds is 3. The molecule has 0 rings (SSSR count). The molecule has 0 saturated carbocycles. The second-order valence-corrected chi connectivity index (χ2v) is 4.61. The van der Waals surface area contributed by atoms with Gasteiger partial charge in [0, 0.05) is 14.2 Å². The SMILES string of the molecule is COP(=S)(N=C(N)N)OC. The summed E-state index contributed by atoms with van der Waals surface area (Å²) in [6, 6.07) is 0. The maximum absolute atomic E-state index is 5.06. The molecule has 0 aliphatic carbocycles. The standard InChI is InChI=1S/C3H10N3O2PS/c1-7-9(10,8-2)6-3(4)5/h1-2H3,(H4,4,5,6,10). The molecule has 7 heteroatoms. The third-order valence-electron chi connectivity index (χ3n) is 0.699. The molecule has 5 nitrogen and oxygen atoms in total. The van der Waals surface area contributed by atoms with E-state index in [-0.39, 0.29) is 5.96 Å². The van der Waals surface area contributed by atoms with Crippen LogP contribution in [0.15, 0.2) is 4.76 Å². The number of nitrogens with two attached hydrogens (primary N) is 2. The van der Waals surface area contributed by atoms with E-state index >= 15 is 0 Å². The van der Waals surface area contributed by atoms with Gasteiger partial charge in [-0.25, -0.2) is 0 Å². The molecule has 60 valence electrons. The maximum atomic E-state index is 5.06. The monoisotopic (exact) mass is 183 g/mol. The zero-order valence-electron chi connectivity index (χ0n) is 5.77. The predicted octanol–water partition coefficient (Wildman–Crippen LogP) is -0.223. The third-order valence-corrected chi connectivity index (χ3v) is 3.24. The van der Waals surface area contributed by atoms with Gasteiger partial charge in [0.25, 0.3) is 0 Å². The lowest BCUT2D eigenvalue weighted by Gasteiger charge is -2.10. The number of nitrogens with zero attached hydrogens (tertiary/aromatic N) is 1. The topological polar surface area (TPSA) is 82.9 Å². The molecule has 0 saturated heterocycles. The normalized spacial score (nSPS) is 11.0. The molecule has 0 aromatic heterocycles. The van der Waals surface area contributed by atoms with E-state index in [1.165, 1.54) is 14.2 Å². The van der Waals surface area contributed by atoms with Crippen LogP contribution in [0.5, 0.6) is 0 Å². The van der Waals surface area contributed by atoms with Gasteiger partial charge in [-0.2, -0.15) is 4.76 Å². The van der Waals surface area contributed by atoms with Crippen LogP contribution in [0.25, 0.3) is 0 Å². The lowest BCUT2D eigenvalue weighted by molar-refractivity contribution is 0.338. The Labute approximate surface area is 64.6 Å². The zero-order valence-corrected chi connectivity index (χ0v) is 7.48. The Hall–Kier alpha value is -0.160. The van der Waals surface area contributed by atoms with Crippen molar-refractivity contribution in [3.63, 3.8) is 0 Å². The number of guanidine groups is 1. The minimum absolute atomic E-state index is 0.118. The fraction of sp³-hybridized carbons (Fsp3) is 0.667. The molecule has 0 bridgehead atoms. The second kappa shape index (κ2) is 3.88. The Kier molecular flexibility index (Phi) is 3.81. The van der Waals surface area contributed by atoms with Crippen LogP contribution in [-0.4, -0.2) is 20.2 Å². The van der Waals surface area contributed by atoms with Gasteiger partial charge in [-0.3, -0.25) is 0 Å². The third kappa shape index (κ3) is 3.12. The smallest absolute Gasteiger partial charge is 0.311 e. The van der Waals surface area contributed by atoms with E-state index in [1.54, 1.807) is 0 Å². The molecule has 4 N–H and O–H groups in total. The van der Waals surface area contributed by atoms with Crippen molar-refractivity contribution < 1.29 is 9.05 Å². The fourth-order valence-corrected chi connectivity index (χ4v) is 1.18. The highest BCUT2D eigenvalue weighted by Gasteiger charge is 2.12. The molecule has 0 aliphatic rings. The van der Waals surface area contributed by atoms with E-state index in [0.717, 1.165) is 0 Å². The van der Waals surface area contributed by atoms with Crippen LogP contribution in [0.1, 0.15) is 0 Å². The predicted molar refractivity (Wildman–Crippen MR) is 44.1 cm³/mol. The van der Waals surface area contributed by atoms with Crippen LogP contribution in [-0.2, 0) is 20.9 Å². The van der Waals surface area contributed by atoms with Crippen molar-refractivity contribution in [3.05, 3.63) is 0 Å². The molecule has 0 aromatic carbocycles. The summed E-state index contributed by atoms with van der Waals surface area (Å²) in [7, 11) is 2.80. The van der Waals surface area contributed by atoms with Crippen LogP contribution in [0, 0.1) is 0 Å². The Morgan fingerprint density at radius 1 is 1.40 bits per heavy atom. The zero-order chi connectivity index (χ0) is 8.20. The Morgan fingerprint density at radius 3 is 1.90 bits per heavy atom. The Bertz CT molecular complexity index is 171. The maximum Gasteiger partial charge on any atom is 0.311 e. The van der Waals surface area contributed by atoms with E-state index in [9.17, 15) is 0 Å². The molecule has 0 radical (unpaired) electrons. The highest BCUT2D eigenvalue weighted by atomic mass is 32.5. The molecular weight excluding hydrogens is 173 g/mol. The summed E-state index contributed by atoms with van der Waals surface area (Å²) in [6.45, 7) is -2.57. The van der Waals surface area contributed by atoms with Gasteiger partial charge in [0.05, 0.1) is 0 Å². The lowest BCUT2D eigenvalue weighted by Crippen LogP contribution is -2.22. The minimum Gasteiger partial charge on any atom is -0.370 e. The van der Waals surface area contributed by atoms with Gasteiger partial charge in [0.2, 0.25) is 0 Å². The lowest BCUT2D eigenvalue weighted by atomic mass is 11.1. The van der Waals surface area contributed by atoms with E-state index in [2.05, 4.69) is 4.76 Å². The number of hydrogen-bond donors (Lipinski definition) is 2. The molecule has 0 fully saturated rings. The van der Waals surface area contributed by atoms with E-state index in [1.807, 2.05) is 0 Å². The summed E-state index contributed by atoms with van der Waals surface area (Å²) >= 11 is 4.80. The van der Waals surface area contributed by atoms with Crippen molar-refractivity contribution in [2.75, 3.05) is 14.2 Å². The summed E-state index contributed by atoms with van der Waals surface area (Å²) in [5.41, 5.74) is 10.1. The molecule has 10 heavy (non-hydrogen) atoms. The van der Waals surface area contributed by atoms with Crippen molar-refractivity contribution in [2.24, 2.45) is 16.2 Å². The van der Waals surface area contributed by atoms with Gasteiger partial charge in [-0.15, -0.1) is 0 Å². The van der Waals surface area contributed by atoms with Crippen molar-refractivity contribution >= 4 is 24.4 Å². The highest BCUT2D eigenvalue weighted by molar-refractivity contribution is 8.09. The van der Waals surface area contributed by atoms with Gasteiger partial charge in [-0.1, -0.05) is 0 Å². The molecular formula is C3H10N3O2PS. The molecule has 0 aromatic rings. The minimum atomic E-state index is -2.57.